The number of furan rings is 1. The van der Waals surface area contributed by atoms with E-state index in [4.69, 9.17) is 4.42 Å². The van der Waals surface area contributed by atoms with Crippen LogP contribution >= 0.6 is 0 Å². The van der Waals surface area contributed by atoms with Crippen LogP contribution in [-0.4, -0.2) is 22.6 Å². The highest BCUT2D eigenvalue weighted by molar-refractivity contribution is 6.22. The summed E-state index contributed by atoms with van der Waals surface area (Å²) in [6.45, 7) is 6.28. The number of hydrogen-bond acceptors (Lipinski definition) is 4. The van der Waals surface area contributed by atoms with Gasteiger partial charge in [-0.3, -0.25) is 19.3 Å². The van der Waals surface area contributed by atoms with E-state index in [2.05, 4.69) is 26.1 Å². The smallest absolute Gasteiger partial charge is 0.261 e. The number of carbonyl (C=O) groups excluding carboxylic acids is 3. The van der Waals surface area contributed by atoms with Crippen molar-refractivity contribution in [3.05, 3.63) is 88.9 Å². The maximum atomic E-state index is 12.9. The van der Waals surface area contributed by atoms with Gasteiger partial charge in [0.25, 0.3) is 17.7 Å². The third kappa shape index (κ3) is 3.52. The average Bonchev–Trinajstić information content (AvgIpc) is 3.30. The monoisotopic (exact) mass is 402 g/mol. The zero-order valence-corrected chi connectivity index (χ0v) is 17.1. The lowest BCUT2D eigenvalue weighted by Crippen LogP contribution is -2.28. The maximum Gasteiger partial charge on any atom is 0.261 e. The normalized spacial score (nSPS) is 13.5. The SMILES string of the molecule is CC(C)(C)c1ccccc1NC(=O)c1ccc2c(c1)C(=O)N(Cc1ccco1)C2=O. The van der Waals surface area contributed by atoms with Crippen molar-refractivity contribution in [2.45, 2.75) is 32.7 Å². The summed E-state index contributed by atoms with van der Waals surface area (Å²) < 4.78 is 5.25. The Hall–Kier alpha value is -3.67. The second-order valence-electron chi connectivity index (χ2n) is 8.29. The first-order valence-electron chi connectivity index (χ1n) is 9.69. The minimum atomic E-state index is -0.434. The minimum Gasteiger partial charge on any atom is -0.467 e. The molecule has 1 aliphatic heterocycles. The molecular formula is C24H22N2O4. The van der Waals surface area contributed by atoms with E-state index in [1.165, 1.54) is 18.4 Å². The Kier molecular flexibility index (Phi) is 4.78. The van der Waals surface area contributed by atoms with Gasteiger partial charge in [0.2, 0.25) is 0 Å². The Morgan fingerprint density at radius 2 is 1.70 bits per heavy atom. The standard InChI is InChI=1S/C24H22N2O4/c1-24(2,3)19-8-4-5-9-20(19)25-21(27)15-10-11-17-18(13-15)23(29)26(22(17)28)14-16-7-6-12-30-16/h4-13H,14H2,1-3H3,(H,25,27). The summed E-state index contributed by atoms with van der Waals surface area (Å²) in [5.41, 5.74) is 2.42. The second-order valence-corrected chi connectivity index (χ2v) is 8.29. The molecule has 1 N–H and O–H groups in total. The molecule has 3 aromatic rings. The summed E-state index contributed by atoms with van der Waals surface area (Å²) in [7, 11) is 0. The van der Waals surface area contributed by atoms with Gasteiger partial charge >= 0.3 is 0 Å². The number of anilines is 1. The number of nitrogens with zero attached hydrogens (tertiary/aromatic N) is 1. The third-order valence-corrected chi connectivity index (χ3v) is 5.11. The highest BCUT2D eigenvalue weighted by Gasteiger charge is 2.36. The molecule has 0 fully saturated rings. The number of benzene rings is 2. The molecule has 2 aromatic carbocycles. The summed E-state index contributed by atoms with van der Waals surface area (Å²) in [4.78, 5) is 39.4. The van der Waals surface area contributed by atoms with E-state index in [0.717, 1.165) is 16.2 Å². The van der Waals surface area contributed by atoms with Crippen molar-refractivity contribution in [3.63, 3.8) is 0 Å². The summed E-state index contributed by atoms with van der Waals surface area (Å²) >= 11 is 0. The molecular weight excluding hydrogens is 380 g/mol. The van der Waals surface area contributed by atoms with E-state index in [-0.39, 0.29) is 29.0 Å². The Bertz CT molecular complexity index is 1140. The zero-order chi connectivity index (χ0) is 21.5. The minimum absolute atomic E-state index is 0.0554. The van der Waals surface area contributed by atoms with Gasteiger partial charge in [0.15, 0.2) is 0 Å². The van der Waals surface area contributed by atoms with Gasteiger partial charge < -0.3 is 9.73 Å². The first-order valence-corrected chi connectivity index (χ1v) is 9.69. The first-order chi connectivity index (χ1) is 14.3. The van der Waals surface area contributed by atoms with Crippen LogP contribution in [0, 0.1) is 0 Å². The number of amides is 3. The van der Waals surface area contributed by atoms with Crippen molar-refractivity contribution in [1.29, 1.82) is 0 Å². The molecule has 2 heterocycles. The summed E-state index contributed by atoms with van der Waals surface area (Å²) in [5, 5.41) is 2.93. The van der Waals surface area contributed by atoms with E-state index in [9.17, 15) is 14.4 Å². The fourth-order valence-corrected chi connectivity index (χ4v) is 3.57. The van der Waals surface area contributed by atoms with Crippen LogP contribution in [0.1, 0.15) is 63.2 Å². The molecule has 1 aromatic heterocycles. The molecule has 0 aliphatic carbocycles. The molecule has 3 amide bonds. The van der Waals surface area contributed by atoms with Crippen LogP contribution in [0.2, 0.25) is 0 Å². The lowest BCUT2D eigenvalue weighted by Gasteiger charge is -2.23. The number of fused-ring (bicyclic) bond motifs is 1. The van der Waals surface area contributed by atoms with Gasteiger partial charge in [-0.1, -0.05) is 39.0 Å². The van der Waals surface area contributed by atoms with Gasteiger partial charge in [0.05, 0.1) is 23.9 Å². The van der Waals surface area contributed by atoms with Crippen LogP contribution in [0.3, 0.4) is 0 Å². The van der Waals surface area contributed by atoms with Crippen LogP contribution in [0.25, 0.3) is 0 Å². The number of rotatable bonds is 4. The number of para-hydroxylation sites is 1. The zero-order valence-electron chi connectivity index (χ0n) is 17.1. The predicted octanol–water partition coefficient (Wildman–Crippen LogP) is 4.63. The van der Waals surface area contributed by atoms with Crippen LogP contribution in [0.5, 0.6) is 0 Å². The molecule has 30 heavy (non-hydrogen) atoms. The second kappa shape index (κ2) is 7.30. The molecule has 4 rings (SSSR count). The first kappa shape index (κ1) is 19.6. The molecule has 6 heteroatoms. The number of hydrogen-bond donors (Lipinski definition) is 1. The molecule has 0 atom stereocenters. The van der Waals surface area contributed by atoms with E-state index in [1.54, 1.807) is 18.2 Å². The van der Waals surface area contributed by atoms with E-state index >= 15 is 0 Å². The quantitative estimate of drug-likeness (QED) is 0.646. The van der Waals surface area contributed by atoms with Crippen molar-refractivity contribution in [2.24, 2.45) is 0 Å². The highest BCUT2D eigenvalue weighted by Crippen LogP contribution is 2.30. The van der Waals surface area contributed by atoms with Gasteiger partial charge in [-0.2, -0.15) is 0 Å². The Balaban J connectivity index is 1.59. The number of carbonyl (C=O) groups is 3. The molecule has 0 saturated heterocycles. The molecule has 0 unspecified atom stereocenters. The van der Waals surface area contributed by atoms with Crippen molar-refractivity contribution in [1.82, 2.24) is 4.90 Å². The average molecular weight is 402 g/mol. The van der Waals surface area contributed by atoms with Crippen molar-refractivity contribution in [2.75, 3.05) is 5.32 Å². The Morgan fingerprint density at radius 3 is 2.40 bits per heavy atom. The Labute approximate surface area is 174 Å². The summed E-state index contributed by atoms with van der Waals surface area (Å²) in [6.07, 6.45) is 1.49. The van der Waals surface area contributed by atoms with Crippen LogP contribution in [0.15, 0.2) is 65.3 Å². The molecule has 6 nitrogen and oxygen atoms in total. The summed E-state index contributed by atoms with van der Waals surface area (Å²) in [6, 6.07) is 15.6. The summed E-state index contributed by atoms with van der Waals surface area (Å²) in [5.74, 6) is -0.645. The van der Waals surface area contributed by atoms with Gasteiger partial charge in [0, 0.05) is 11.3 Å². The van der Waals surface area contributed by atoms with Gasteiger partial charge in [-0.05, 0) is 47.4 Å². The van der Waals surface area contributed by atoms with Crippen molar-refractivity contribution in [3.8, 4) is 0 Å². The predicted molar refractivity (Wildman–Crippen MR) is 112 cm³/mol. The Morgan fingerprint density at radius 1 is 0.967 bits per heavy atom. The maximum absolute atomic E-state index is 12.9. The van der Waals surface area contributed by atoms with E-state index in [1.807, 2.05) is 24.3 Å². The van der Waals surface area contributed by atoms with Crippen LogP contribution < -0.4 is 5.32 Å². The fourth-order valence-electron chi connectivity index (χ4n) is 3.57. The van der Waals surface area contributed by atoms with Crippen LogP contribution in [0.4, 0.5) is 5.69 Å². The number of nitrogens with one attached hydrogen (secondary N) is 1. The van der Waals surface area contributed by atoms with E-state index < -0.39 is 11.8 Å². The molecule has 152 valence electrons. The lowest BCUT2D eigenvalue weighted by molar-refractivity contribution is 0.0631. The van der Waals surface area contributed by atoms with Crippen molar-refractivity contribution < 1.29 is 18.8 Å². The van der Waals surface area contributed by atoms with Gasteiger partial charge in [-0.25, -0.2) is 0 Å². The molecule has 1 aliphatic rings. The topological polar surface area (TPSA) is 79.6 Å². The fraction of sp³-hybridized carbons (Fsp3) is 0.208. The molecule has 0 spiro atoms. The number of imide groups is 1. The van der Waals surface area contributed by atoms with Gasteiger partial charge in [-0.15, -0.1) is 0 Å². The van der Waals surface area contributed by atoms with E-state index in [0.29, 0.717) is 11.3 Å². The van der Waals surface area contributed by atoms with Crippen LogP contribution in [-0.2, 0) is 12.0 Å². The highest BCUT2D eigenvalue weighted by atomic mass is 16.3. The largest absolute Gasteiger partial charge is 0.467 e. The molecule has 0 radical (unpaired) electrons. The third-order valence-electron chi connectivity index (χ3n) is 5.11. The van der Waals surface area contributed by atoms with Crippen molar-refractivity contribution >= 4 is 23.4 Å². The molecule has 0 bridgehead atoms. The lowest BCUT2D eigenvalue weighted by atomic mass is 9.86. The molecule has 0 saturated carbocycles. The van der Waals surface area contributed by atoms with Gasteiger partial charge in [0.1, 0.15) is 5.76 Å².